The summed E-state index contributed by atoms with van der Waals surface area (Å²) in [5, 5.41) is 0. The van der Waals surface area contributed by atoms with Crippen molar-refractivity contribution in [1.82, 2.24) is 9.55 Å². The molecule has 0 radical (unpaired) electrons. The molecule has 0 saturated heterocycles. The second-order valence-corrected chi connectivity index (χ2v) is 4.93. The normalized spacial score (nSPS) is 19.7. The highest BCUT2D eigenvalue weighted by molar-refractivity contribution is 5.71. The zero-order valence-electron chi connectivity index (χ0n) is 11.0. The maximum atomic E-state index is 11.5. The minimum Gasteiger partial charge on any atom is -0.465 e. The first-order valence-electron chi connectivity index (χ1n) is 6.19. The predicted molar refractivity (Wildman–Crippen MR) is 71.1 cm³/mol. The summed E-state index contributed by atoms with van der Waals surface area (Å²) in [4.78, 5) is 26.5. The van der Waals surface area contributed by atoms with Crippen molar-refractivity contribution in [1.29, 1.82) is 0 Å². The van der Waals surface area contributed by atoms with Gasteiger partial charge in [0.05, 0.1) is 12.5 Å². The Hall–Kier alpha value is -2.11. The Balaban J connectivity index is 1.93. The molecule has 19 heavy (non-hydrogen) atoms. The first-order valence-corrected chi connectivity index (χ1v) is 6.19. The van der Waals surface area contributed by atoms with Crippen LogP contribution in [0, 0.1) is 11.8 Å². The molecule has 102 valence electrons. The molecule has 1 heterocycles. The highest BCUT2D eigenvalue weighted by Gasteiger charge is 2.31. The maximum absolute atomic E-state index is 11.5. The number of nitrogens with two attached hydrogens (primary N) is 1. The van der Waals surface area contributed by atoms with Crippen molar-refractivity contribution in [3.05, 3.63) is 28.3 Å². The SMILES string of the molecule is CC(C)C(=O)OCC1C/C1=C/n1ccc(N)nc1=O. The number of esters is 1. The molecule has 6 heteroatoms. The van der Waals surface area contributed by atoms with Gasteiger partial charge in [-0.1, -0.05) is 13.8 Å². The van der Waals surface area contributed by atoms with Gasteiger partial charge >= 0.3 is 11.7 Å². The fourth-order valence-corrected chi connectivity index (χ4v) is 1.60. The highest BCUT2D eigenvalue weighted by atomic mass is 16.5. The van der Waals surface area contributed by atoms with Gasteiger partial charge in [-0.15, -0.1) is 0 Å². The lowest BCUT2D eigenvalue weighted by Crippen LogP contribution is -2.19. The third kappa shape index (κ3) is 3.43. The number of carbonyl (C=O) groups excluding carboxylic acids is 1. The Morgan fingerprint density at radius 3 is 3.05 bits per heavy atom. The molecule has 0 amide bonds. The summed E-state index contributed by atoms with van der Waals surface area (Å²) < 4.78 is 6.53. The Kier molecular flexibility index (Phi) is 3.69. The van der Waals surface area contributed by atoms with Crippen LogP contribution in [-0.4, -0.2) is 22.1 Å². The van der Waals surface area contributed by atoms with Gasteiger partial charge in [0.15, 0.2) is 0 Å². The lowest BCUT2D eigenvalue weighted by molar-refractivity contribution is -0.147. The minimum atomic E-state index is -0.405. The van der Waals surface area contributed by atoms with Crippen LogP contribution in [0.15, 0.2) is 22.6 Å². The van der Waals surface area contributed by atoms with Crippen molar-refractivity contribution < 1.29 is 9.53 Å². The largest absolute Gasteiger partial charge is 0.465 e. The fourth-order valence-electron chi connectivity index (χ4n) is 1.60. The van der Waals surface area contributed by atoms with E-state index >= 15 is 0 Å². The van der Waals surface area contributed by atoms with Crippen LogP contribution < -0.4 is 11.4 Å². The summed E-state index contributed by atoms with van der Waals surface area (Å²) >= 11 is 0. The molecule has 2 N–H and O–H groups in total. The van der Waals surface area contributed by atoms with E-state index in [4.69, 9.17) is 10.5 Å². The zero-order chi connectivity index (χ0) is 14.0. The average molecular weight is 263 g/mol. The lowest BCUT2D eigenvalue weighted by atomic mass is 10.2. The van der Waals surface area contributed by atoms with Gasteiger partial charge < -0.3 is 10.5 Å². The van der Waals surface area contributed by atoms with Gasteiger partial charge in [-0.05, 0) is 18.1 Å². The van der Waals surface area contributed by atoms with Gasteiger partial charge in [-0.2, -0.15) is 4.98 Å². The molecule has 1 atom stereocenters. The highest BCUT2D eigenvalue weighted by Crippen LogP contribution is 2.38. The number of carbonyl (C=O) groups is 1. The number of nitrogens with zero attached hydrogens (tertiary/aromatic N) is 2. The minimum absolute atomic E-state index is 0.116. The van der Waals surface area contributed by atoms with Gasteiger partial charge in [-0.3, -0.25) is 9.36 Å². The number of rotatable bonds is 4. The van der Waals surface area contributed by atoms with Gasteiger partial charge in [-0.25, -0.2) is 4.79 Å². The van der Waals surface area contributed by atoms with Crippen LogP contribution in [0.25, 0.3) is 6.20 Å². The number of ether oxygens (including phenoxy) is 1. The van der Waals surface area contributed by atoms with Gasteiger partial charge in [0.25, 0.3) is 0 Å². The van der Waals surface area contributed by atoms with Crippen LogP contribution >= 0.6 is 0 Å². The molecule has 0 aliphatic heterocycles. The number of hydrogen-bond acceptors (Lipinski definition) is 5. The third-order valence-electron chi connectivity index (χ3n) is 2.90. The molecular weight excluding hydrogens is 246 g/mol. The van der Waals surface area contributed by atoms with E-state index in [0.717, 1.165) is 12.0 Å². The molecule has 0 aromatic carbocycles. The number of aromatic nitrogens is 2. The van der Waals surface area contributed by atoms with Crippen LogP contribution in [0.3, 0.4) is 0 Å². The molecule has 1 unspecified atom stereocenters. The quantitative estimate of drug-likeness (QED) is 0.815. The smallest absolute Gasteiger partial charge is 0.353 e. The molecule has 1 aliphatic rings. The molecule has 1 fully saturated rings. The second kappa shape index (κ2) is 5.26. The topological polar surface area (TPSA) is 87.2 Å². The van der Waals surface area contributed by atoms with Crippen LogP contribution in [0.5, 0.6) is 0 Å². The van der Waals surface area contributed by atoms with Crippen molar-refractivity contribution >= 4 is 18.0 Å². The number of anilines is 1. The van der Waals surface area contributed by atoms with Crippen LogP contribution in [-0.2, 0) is 9.53 Å². The number of nitrogen functional groups attached to an aromatic ring is 1. The van der Waals surface area contributed by atoms with E-state index in [-0.39, 0.29) is 23.6 Å². The van der Waals surface area contributed by atoms with Crippen LogP contribution in [0.1, 0.15) is 20.3 Å². The Morgan fingerprint density at radius 1 is 1.68 bits per heavy atom. The summed E-state index contributed by atoms with van der Waals surface area (Å²) in [6, 6.07) is 1.56. The standard InChI is InChI=1S/C13H17N3O3/c1-8(2)12(17)19-7-10-5-9(10)6-16-4-3-11(14)15-13(16)18/h3-4,6,8,10H,5,7H2,1-2H3,(H2,14,15,18)/b9-6-. The van der Waals surface area contributed by atoms with Crippen molar-refractivity contribution in [2.75, 3.05) is 12.3 Å². The van der Waals surface area contributed by atoms with E-state index in [0.29, 0.717) is 6.61 Å². The van der Waals surface area contributed by atoms with Crippen molar-refractivity contribution in [3.63, 3.8) is 0 Å². The molecule has 1 aliphatic carbocycles. The maximum Gasteiger partial charge on any atom is 0.353 e. The van der Waals surface area contributed by atoms with Crippen LogP contribution in [0.2, 0.25) is 0 Å². The summed E-state index contributed by atoms with van der Waals surface area (Å²) in [6.07, 6.45) is 4.14. The second-order valence-electron chi connectivity index (χ2n) is 4.93. The van der Waals surface area contributed by atoms with E-state index in [1.807, 2.05) is 0 Å². The van der Waals surface area contributed by atoms with E-state index < -0.39 is 5.69 Å². The molecule has 6 nitrogen and oxygen atoms in total. The fraction of sp³-hybridized carbons (Fsp3) is 0.462. The van der Waals surface area contributed by atoms with Crippen molar-refractivity contribution in [3.8, 4) is 0 Å². The van der Waals surface area contributed by atoms with E-state index in [2.05, 4.69) is 4.98 Å². The molecule has 1 saturated carbocycles. The third-order valence-corrected chi connectivity index (χ3v) is 2.90. The summed E-state index contributed by atoms with van der Waals surface area (Å²) in [7, 11) is 0. The molecule has 2 rings (SSSR count). The molecule has 0 spiro atoms. The van der Waals surface area contributed by atoms with E-state index in [9.17, 15) is 9.59 Å². The average Bonchev–Trinajstić information content (AvgIpc) is 3.08. The monoisotopic (exact) mass is 263 g/mol. The van der Waals surface area contributed by atoms with Gasteiger partial charge in [0.1, 0.15) is 5.82 Å². The van der Waals surface area contributed by atoms with Crippen LogP contribution in [0.4, 0.5) is 5.82 Å². The number of hydrogen-bond donors (Lipinski definition) is 1. The van der Waals surface area contributed by atoms with Crippen molar-refractivity contribution in [2.45, 2.75) is 20.3 Å². The lowest BCUT2D eigenvalue weighted by Gasteiger charge is -2.05. The first-order chi connectivity index (χ1) is 8.97. The summed E-state index contributed by atoms with van der Waals surface area (Å²) in [6.45, 7) is 3.97. The van der Waals surface area contributed by atoms with Gasteiger partial charge in [0, 0.05) is 18.3 Å². The first kappa shape index (κ1) is 13.3. The molecular formula is C13H17N3O3. The predicted octanol–water partition coefficient (Wildman–Crippen LogP) is 0.885. The van der Waals surface area contributed by atoms with E-state index in [1.54, 1.807) is 32.3 Å². The molecule has 0 bridgehead atoms. The molecule has 1 aromatic heterocycles. The van der Waals surface area contributed by atoms with Gasteiger partial charge in [0.2, 0.25) is 0 Å². The molecule has 1 aromatic rings. The Morgan fingerprint density at radius 2 is 2.42 bits per heavy atom. The zero-order valence-corrected chi connectivity index (χ0v) is 11.0. The Labute approximate surface area is 110 Å². The summed E-state index contributed by atoms with van der Waals surface area (Å²) in [5.74, 6) is 0.109. The summed E-state index contributed by atoms with van der Waals surface area (Å²) in [5.41, 5.74) is 6.08. The van der Waals surface area contributed by atoms with E-state index in [1.165, 1.54) is 4.57 Å². The Bertz CT molecular complexity index is 575. The van der Waals surface area contributed by atoms with Crippen molar-refractivity contribution in [2.24, 2.45) is 11.8 Å².